The van der Waals surface area contributed by atoms with Crippen molar-refractivity contribution in [3.8, 4) is 0 Å². The quantitative estimate of drug-likeness (QED) is 0.332. The van der Waals surface area contributed by atoms with Gasteiger partial charge in [-0.15, -0.1) is 0 Å². The second-order valence-corrected chi connectivity index (χ2v) is 4.92. The molecule has 1 aromatic rings. The van der Waals surface area contributed by atoms with E-state index in [9.17, 15) is 22.4 Å². The van der Waals surface area contributed by atoms with Crippen LogP contribution in [0.3, 0.4) is 0 Å². The number of alkyl halides is 5. The van der Waals surface area contributed by atoms with Crippen molar-refractivity contribution in [2.75, 3.05) is 5.32 Å². The molecule has 0 saturated carbocycles. The molecule has 0 spiro atoms. The Balaban J connectivity index is 3.56. The van der Waals surface area contributed by atoms with E-state index in [-0.39, 0.29) is 5.57 Å². The standard InChI is InChI=1S/C12H11BClF4NO3/c1-6(2)10(20)19-8-5-3-4-7(13(21)22)9(8)11(15,16)12(14,17)18/h3-5,21-22H,1H2,2H3,(H,19,20). The van der Waals surface area contributed by atoms with Crippen LogP contribution in [0.25, 0.3) is 0 Å². The third kappa shape index (κ3) is 3.60. The highest BCUT2D eigenvalue weighted by Crippen LogP contribution is 2.47. The number of anilines is 1. The lowest BCUT2D eigenvalue weighted by Crippen LogP contribution is -2.43. The van der Waals surface area contributed by atoms with Crippen molar-refractivity contribution in [1.29, 1.82) is 0 Å². The lowest BCUT2D eigenvalue weighted by atomic mass is 9.75. The average Bonchev–Trinajstić information content (AvgIpc) is 2.36. The van der Waals surface area contributed by atoms with Crippen LogP contribution in [0, 0.1) is 0 Å². The number of carbonyl (C=O) groups excluding carboxylic acids is 1. The molecule has 22 heavy (non-hydrogen) atoms. The maximum atomic E-state index is 13.9. The Morgan fingerprint density at radius 2 is 1.86 bits per heavy atom. The van der Waals surface area contributed by atoms with Gasteiger partial charge in [0.05, 0.1) is 11.3 Å². The van der Waals surface area contributed by atoms with Gasteiger partial charge in [0.2, 0.25) is 0 Å². The molecule has 0 fully saturated rings. The summed E-state index contributed by atoms with van der Waals surface area (Å²) >= 11 is 4.43. The molecule has 0 unspecified atom stereocenters. The summed E-state index contributed by atoms with van der Waals surface area (Å²) in [6.07, 6.45) is 0. The summed E-state index contributed by atoms with van der Waals surface area (Å²) in [5.41, 5.74) is -3.20. The van der Waals surface area contributed by atoms with E-state index in [1.165, 1.54) is 6.92 Å². The Hall–Kier alpha value is -1.58. The summed E-state index contributed by atoms with van der Waals surface area (Å²) in [5, 5.41) is 15.1. The third-order valence-electron chi connectivity index (χ3n) is 2.68. The zero-order chi connectivity index (χ0) is 17.3. The van der Waals surface area contributed by atoms with E-state index < -0.39 is 41.0 Å². The highest BCUT2D eigenvalue weighted by atomic mass is 35.5. The first-order valence-electron chi connectivity index (χ1n) is 5.80. The highest BCUT2D eigenvalue weighted by molar-refractivity contribution is 6.59. The van der Waals surface area contributed by atoms with Crippen molar-refractivity contribution in [3.63, 3.8) is 0 Å². The number of nitrogens with one attached hydrogen (secondary N) is 1. The number of hydrogen-bond donors (Lipinski definition) is 3. The van der Waals surface area contributed by atoms with Gasteiger partial charge in [-0.05, 0) is 30.1 Å². The van der Waals surface area contributed by atoms with E-state index in [1.807, 2.05) is 5.32 Å². The summed E-state index contributed by atoms with van der Waals surface area (Å²) in [5.74, 6) is -5.87. The first-order valence-corrected chi connectivity index (χ1v) is 6.18. The molecular weight excluding hydrogens is 328 g/mol. The average molecular weight is 339 g/mol. The van der Waals surface area contributed by atoms with Crippen molar-refractivity contribution < 1.29 is 32.4 Å². The first-order chi connectivity index (χ1) is 9.89. The van der Waals surface area contributed by atoms with Gasteiger partial charge in [0.15, 0.2) is 0 Å². The van der Waals surface area contributed by atoms with Crippen LogP contribution in [-0.4, -0.2) is 28.5 Å². The Bertz CT molecular complexity index is 605. The molecule has 3 N–H and O–H groups in total. The van der Waals surface area contributed by atoms with Gasteiger partial charge < -0.3 is 15.4 Å². The SMILES string of the molecule is C=C(C)C(=O)Nc1cccc(B(O)O)c1C(F)(F)C(F)(F)Cl. The van der Waals surface area contributed by atoms with Crippen molar-refractivity contribution in [3.05, 3.63) is 35.9 Å². The minimum Gasteiger partial charge on any atom is -0.423 e. The Morgan fingerprint density at radius 1 is 1.32 bits per heavy atom. The number of rotatable bonds is 5. The van der Waals surface area contributed by atoms with Crippen molar-refractivity contribution in [2.45, 2.75) is 18.2 Å². The fraction of sp³-hybridized carbons (Fsp3) is 0.250. The zero-order valence-electron chi connectivity index (χ0n) is 11.2. The van der Waals surface area contributed by atoms with Crippen LogP contribution in [0.4, 0.5) is 23.2 Å². The van der Waals surface area contributed by atoms with Gasteiger partial charge in [-0.2, -0.15) is 17.6 Å². The van der Waals surface area contributed by atoms with E-state index in [1.54, 1.807) is 0 Å². The minimum atomic E-state index is -5.01. The maximum Gasteiger partial charge on any atom is 0.489 e. The molecular formula is C12H11BClF4NO3. The summed E-state index contributed by atoms with van der Waals surface area (Å²) < 4.78 is 53.9. The van der Waals surface area contributed by atoms with E-state index in [4.69, 9.17) is 10.0 Å². The lowest BCUT2D eigenvalue weighted by Gasteiger charge is -2.26. The normalized spacial score (nSPS) is 12.0. The van der Waals surface area contributed by atoms with E-state index in [2.05, 4.69) is 18.2 Å². The summed E-state index contributed by atoms with van der Waals surface area (Å²) in [6.45, 7) is 4.55. The molecule has 120 valence electrons. The van der Waals surface area contributed by atoms with Crippen LogP contribution >= 0.6 is 11.6 Å². The second-order valence-electron chi connectivity index (χ2n) is 4.45. The molecule has 0 aromatic heterocycles. The monoisotopic (exact) mass is 339 g/mol. The molecule has 0 aliphatic rings. The number of hydrogen-bond acceptors (Lipinski definition) is 3. The highest BCUT2D eigenvalue weighted by Gasteiger charge is 2.58. The molecule has 0 heterocycles. The molecule has 0 saturated heterocycles. The van der Waals surface area contributed by atoms with E-state index in [0.29, 0.717) is 0 Å². The van der Waals surface area contributed by atoms with Crippen LogP contribution in [0.5, 0.6) is 0 Å². The summed E-state index contributed by atoms with van der Waals surface area (Å²) in [6, 6.07) is 2.78. The van der Waals surface area contributed by atoms with Gasteiger partial charge in [-0.25, -0.2) is 0 Å². The topological polar surface area (TPSA) is 69.6 Å². The van der Waals surface area contributed by atoms with Crippen molar-refractivity contribution in [1.82, 2.24) is 0 Å². The summed E-state index contributed by atoms with van der Waals surface area (Å²) in [4.78, 5) is 11.5. The molecule has 1 amide bonds. The Labute approximate surface area is 128 Å². The Morgan fingerprint density at radius 3 is 2.27 bits per heavy atom. The molecule has 0 atom stereocenters. The van der Waals surface area contributed by atoms with Crippen LogP contribution < -0.4 is 10.8 Å². The number of amides is 1. The van der Waals surface area contributed by atoms with Crippen LogP contribution in [0.15, 0.2) is 30.4 Å². The van der Waals surface area contributed by atoms with E-state index >= 15 is 0 Å². The molecule has 0 radical (unpaired) electrons. The van der Waals surface area contributed by atoms with Crippen LogP contribution in [0.2, 0.25) is 0 Å². The smallest absolute Gasteiger partial charge is 0.423 e. The van der Waals surface area contributed by atoms with Gasteiger partial charge >= 0.3 is 18.4 Å². The van der Waals surface area contributed by atoms with Gasteiger partial charge in [-0.3, -0.25) is 4.79 Å². The number of halogens is 5. The third-order valence-corrected chi connectivity index (χ3v) is 2.92. The van der Waals surface area contributed by atoms with Gasteiger partial charge in [0, 0.05) is 5.57 Å². The molecule has 1 rings (SSSR count). The minimum absolute atomic E-state index is 0.0677. The fourth-order valence-corrected chi connectivity index (χ4v) is 1.71. The van der Waals surface area contributed by atoms with Gasteiger partial charge in [0.25, 0.3) is 5.91 Å². The Kier molecular flexibility index (Phi) is 5.27. The number of carbonyl (C=O) groups is 1. The van der Waals surface area contributed by atoms with Crippen molar-refractivity contribution in [2.24, 2.45) is 0 Å². The fourth-order valence-electron chi connectivity index (χ4n) is 1.61. The van der Waals surface area contributed by atoms with Crippen molar-refractivity contribution >= 4 is 35.8 Å². The molecule has 0 bridgehead atoms. The van der Waals surface area contributed by atoms with Gasteiger partial charge in [-0.1, -0.05) is 18.7 Å². The van der Waals surface area contributed by atoms with E-state index in [0.717, 1.165) is 18.2 Å². The van der Waals surface area contributed by atoms with Gasteiger partial charge in [0.1, 0.15) is 0 Å². The number of benzene rings is 1. The lowest BCUT2D eigenvalue weighted by molar-refractivity contribution is -0.163. The molecule has 0 aliphatic heterocycles. The maximum absolute atomic E-state index is 13.9. The molecule has 4 nitrogen and oxygen atoms in total. The first kappa shape index (κ1) is 18.5. The van der Waals surface area contributed by atoms with Crippen LogP contribution in [0.1, 0.15) is 12.5 Å². The predicted molar refractivity (Wildman–Crippen MR) is 74.4 cm³/mol. The molecule has 10 heteroatoms. The predicted octanol–water partition coefficient (Wildman–Crippen LogP) is 1.80. The van der Waals surface area contributed by atoms with Crippen LogP contribution in [-0.2, 0) is 10.7 Å². The summed E-state index contributed by atoms with van der Waals surface area (Å²) in [7, 11) is -2.47. The second kappa shape index (κ2) is 6.27. The zero-order valence-corrected chi connectivity index (χ0v) is 12.0. The molecule has 1 aromatic carbocycles. The molecule has 0 aliphatic carbocycles. The largest absolute Gasteiger partial charge is 0.489 e.